The quantitative estimate of drug-likeness (QED) is 0.382. The summed E-state index contributed by atoms with van der Waals surface area (Å²) in [6.45, 7) is 3.78. The topological polar surface area (TPSA) is 130 Å². The van der Waals surface area contributed by atoms with Crippen LogP contribution in [-0.2, 0) is 25.6 Å². The van der Waals surface area contributed by atoms with Crippen LogP contribution in [0.15, 0.2) is 24.3 Å². The smallest absolute Gasteiger partial charge is 0.394 e. The monoisotopic (exact) mass is 337 g/mol. The van der Waals surface area contributed by atoms with Crippen LogP contribution in [0.2, 0.25) is 0 Å². The number of carbonyl (C=O) groups is 4. The number of ether oxygens (including phenoxy) is 1. The van der Waals surface area contributed by atoms with Crippen LogP contribution in [0.4, 0.5) is 0 Å². The Morgan fingerprint density at radius 1 is 1.08 bits per heavy atom. The van der Waals surface area contributed by atoms with E-state index >= 15 is 0 Å². The highest BCUT2D eigenvalue weighted by Crippen LogP contribution is 2.15. The number of benzene rings is 1. The van der Waals surface area contributed by atoms with Gasteiger partial charge in [0.2, 0.25) is 0 Å². The molecule has 0 unspecified atom stereocenters. The number of carboxylic acid groups (broad SMARTS) is 2. The predicted molar refractivity (Wildman–Crippen MR) is 82.4 cm³/mol. The van der Waals surface area contributed by atoms with Gasteiger partial charge in [-0.1, -0.05) is 26.0 Å². The van der Waals surface area contributed by atoms with E-state index in [0.717, 1.165) is 0 Å². The fraction of sp³-hybridized carbons (Fsp3) is 0.375. The van der Waals surface area contributed by atoms with Crippen molar-refractivity contribution in [2.45, 2.75) is 32.7 Å². The van der Waals surface area contributed by atoms with E-state index in [9.17, 15) is 19.2 Å². The van der Waals surface area contributed by atoms with E-state index < -0.39 is 23.9 Å². The van der Waals surface area contributed by atoms with Gasteiger partial charge >= 0.3 is 23.8 Å². The van der Waals surface area contributed by atoms with Gasteiger partial charge in [-0.3, -0.25) is 9.59 Å². The summed E-state index contributed by atoms with van der Waals surface area (Å²) < 4.78 is 5.13. The van der Waals surface area contributed by atoms with Crippen LogP contribution in [0.25, 0.3) is 0 Å². The molecule has 3 N–H and O–H groups in total. The van der Waals surface area contributed by atoms with Gasteiger partial charge in [0.15, 0.2) is 0 Å². The Hall–Kier alpha value is -2.90. The molecule has 0 saturated carbocycles. The van der Waals surface area contributed by atoms with E-state index in [2.05, 4.69) is 0 Å². The summed E-state index contributed by atoms with van der Waals surface area (Å²) in [5.74, 6) is -4.36. The van der Waals surface area contributed by atoms with Gasteiger partial charge in [0.25, 0.3) is 0 Å². The summed E-state index contributed by atoms with van der Waals surface area (Å²) in [6.07, 6.45) is 0.179. The molecule has 0 aliphatic heterocycles. The first-order valence-electron chi connectivity index (χ1n) is 7.25. The normalized spacial score (nSPS) is 11.6. The zero-order chi connectivity index (χ0) is 18.3. The molecule has 130 valence electrons. The van der Waals surface area contributed by atoms with Gasteiger partial charge in [-0.25, -0.2) is 9.59 Å². The highest BCUT2D eigenvalue weighted by Gasteiger charge is 2.23. The SMILES string of the molecule is CC(C)CC(=O)Oc1ccc(C[C@@H](NC(=O)C(=O)O)C(=O)O)cc1. The third kappa shape index (κ3) is 6.47. The summed E-state index contributed by atoms with van der Waals surface area (Å²) in [4.78, 5) is 44.2. The third-order valence-corrected chi connectivity index (χ3v) is 2.97. The minimum Gasteiger partial charge on any atom is -0.480 e. The van der Waals surface area contributed by atoms with Gasteiger partial charge in [-0.15, -0.1) is 0 Å². The van der Waals surface area contributed by atoms with Crippen LogP contribution in [0.5, 0.6) is 5.75 Å². The molecule has 0 saturated heterocycles. The number of nitrogens with one attached hydrogen (secondary N) is 1. The molecule has 0 radical (unpaired) electrons. The lowest BCUT2D eigenvalue weighted by Gasteiger charge is -2.13. The fourth-order valence-electron chi connectivity index (χ4n) is 1.86. The second kappa shape index (κ2) is 8.66. The number of rotatable bonds is 7. The number of amides is 1. The Morgan fingerprint density at radius 2 is 1.67 bits per heavy atom. The van der Waals surface area contributed by atoms with Gasteiger partial charge in [-0.2, -0.15) is 0 Å². The van der Waals surface area contributed by atoms with E-state index in [1.54, 1.807) is 12.1 Å². The second-order valence-electron chi connectivity index (χ2n) is 5.59. The van der Waals surface area contributed by atoms with Crippen molar-refractivity contribution in [1.29, 1.82) is 0 Å². The first kappa shape index (κ1) is 19.1. The van der Waals surface area contributed by atoms with Crippen molar-refractivity contribution in [2.75, 3.05) is 0 Å². The Morgan fingerprint density at radius 3 is 2.12 bits per heavy atom. The molecular formula is C16H19NO7. The lowest BCUT2D eigenvalue weighted by atomic mass is 10.1. The summed E-state index contributed by atoms with van der Waals surface area (Å²) >= 11 is 0. The maximum Gasteiger partial charge on any atom is 0.394 e. The Bertz CT molecular complexity index is 622. The molecule has 1 amide bonds. The van der Waals surface area contributed by atoms with Crippen molar-refractivity contribution < 1.29 is 34.1 Å². The van der Waals surface area contributed by atoms with E-state index in [1.165, 1.54) is 12.1 Å². The van der Waals surface area contributed by atoms with Crippen molar-refractivity contribution in [3.8, 4) is 5.75 Å². The molecule has 8 nitrogen and oxygen atoms in total. The lowest BCUT2D eigenvalue weighted by Crippen LogP contribution is -2.45. The molecule has 24 heavy (non-hydrogen) atoms. The van der Waals surface area contributed by atoms with E-state index in [-0.39, 0.29) is 24.7 Å². The minimum absolute atomic E-state index is 0.103. The minimum atomic E-state index is -1.76. The van der Waals surface area contributed by atoms with Crippen molar-refractivity contribution in [1.82, 2.24) is 5.32 Å². The zero-order valence-electron chi connectivity index (χ0n) is 13.3. The Balaban J connectivity index is 2.70. The molecule has 1 aromatic rings. The molecule has 0 bridgehead atoms. The number of aliphatic carboxylic acids is 2. The van der Waals surface area contributed by atoms with Crippen LogP contribution < -0.4 is 10.1 Å². The molecule has 0 spiro atoms. The molecule has 1 rings (SSSR count). The molecule has 1 atom stereocenters. The number of carboxylic acids is 2. The largest absolute Gasteiger partial charge is 0.480 e. The van der Waals surface area contributed by atoms with Crippen molar-refractivity contribution in [2.24, 2.45) is 5.92 Å². The molecular weight excluding hydrogens is 318 g/mol. The second-order valence-corrected chi connectivity index (χ2v) is 5.59. The maximum atomic E-state index is 11.6. The molecule has 0 heterocycles. The average molecular weight is 337 g/mol. The molecule has 1 aromatic carbocycles. The standard InChI is InChI=1S/C16H19NO7/c1-9(2)7-13(18)24-11-5-3-10(4-6-11)8-12(15(20)21)17-14(19)16(22)23/h3-6,9,12H,7-8H2,1-2H3,(H,17,19)(H,20,21)(H,22,23)/t12-/m1/s1. The summed E-state index contributed by atoms with van der Waals surface area (Å²) in [6, 6.07) is 4.72. The average Bonchev–Trinajstić information content (AvgIpc) is 2.47. The van der Waals surface area contributed by atoms with Crippen molar-refractivity contribution >= 4 is 23.8 Å². The molecule has 0 fully saturated rings. The predicted octanol–water partition coefficient (Wildman–Crippen LogP) is 0.835. The van der Waals surface area contributed by atoms with Gasteiger partial charge in [0.1, 0.15) is 11.8 Å². The summed E-state index contributed by atoms with van der Waals surface area (Å²) in [5.41, 5.74) is 0.539. The van der Waals surface area contributed by atoms with Crippen LogP contribution in [0, 0.1) is 5.92 Å². The van der Waals surface area contributed by atoms with Crippen molar-refractivity contribution in [3.05, 3.63) is 29.8 Å². The van der Waals surface area contributed by atoms with Crippen LogP contribution in [0.3, 0.4) is 0 Å². The highest BCUT2D eigenvalue weighted by atomic mass is 16.5. The molecule has 0 aliphatic carbocycles. The first-order valence-corrected chi connectivity index (χ1v) is 7.25. The fourth-order valence-corrected chi connectivity index (χ4v) is 1.86. The molecule has 8 heteroatoms. The van der Waals surface area contributed by atoms with E-state index in [1.807, 2.05) is 19.2 Å². The van der Waals surface area contributed by atoms with Crippen LogP contribution in [-0.4, -0.2) is 40.1 Å². The summed E-state index contributed by atoms with van der Waals surface area (Å²) in [7, 11) is 0. The zero-order valence-corrected chi connectivity index (χ0v) is 13.3. The number of hydrogen-bond acceptors (Lipinski definition) is 5. The van der Waals surface area contributed by atoms with Gasteiger partial charge in [0, 0.05) is 12.8 Å². The number of esters is 1. The molecule has 0 aliphatic rings. The molecule has 0 aromatic heterocycles. The lowest BCUT2D eigenvalue weighted by molar-refractivity contribution is -0.152. The Labute approximate surface area is 138 Å². The van der Waals surface area contributed by atoms with Crippen LogP contribution in [0.1, 0.15) is 25.8 Å². The first-order chi connectivity index (χ1) is 11.2. The van der Waals surface area contributed by atoms with E-state index in [0.29, 0.717) is 11.3 Å². The highest BCUT2D eigenvalue weighted by molar-refractivity contribution is 6.31. The van der Waals surface area contributed by atoms with Gasteiger partial charge in [-0.05, 0) is 23.6 Å². The maximum absolute atomic E-state index is 11.6. The van der Waals surface area contributed by atoms with E-state index in [4.69, 9.17) is 14.9 Å². The van der Waals surface area contributed by atoms with Gasteiger partial charge < -0.3 is 20.3 Å². The third-order valence-electron chi connectivity index (χ3n) is 2.97. The van der Waals surface area contributed by atoms with Crippen LogP contribution >= 0.6 is 0 Å². The summed E-state index contributed by atoms with van der Waals surface area (Å²) in [5, 5.41) is 19.5. The Kier molecular flexibility index (Phi) is 6.91. The van der Waals surface area contributed by atoms with Crippen molar-refractivity contribution in [3.63, 3.8) is 0 Å². The number of carbonyl (C=O) groups excluding carboxylic acids is 2. The number of hydrogen-bond donors (Lipinski definition) is 3. The van der Waals surface area contributed by atoms with Gasteiger partial charge in [0.05, 0.1) is 0 Å².